The van der Waals surface area contributed by atoms with Gasteiger partial charge in [0, 0.05) is 17.3 Å². The Bertz CT molecular complexity index is 979. The molecule has 1 saturated heterocycles. The van der Waals surface area contributed by atoms with E-state index in [9.17, 15) is 13.2 Å². The van der Waals surface area contributed by atoms with Crippen molar-refractivity contribution < 1.29 is 17.9 Å². The first-order valence-electron chi connectivity index (χ1n) is 8.25. The fourth-order valence-electron chi connectivity index (χ4n) is 2.79. The molecule has 0 radical (unpaired) electrons. The zero-order valence-electron chi connectivity index (χ0n) is 14.5. The lowest BCUT2D eigenvalue weighted by Crippen LogP contribution is -2.25. The molecule has 0 spiro atoms. The van der Waals surface area contributed by atoms with Gasteiger partial charge in [-0.1, -0.05) is 23.2 Å². The van der Waals surface area contributed by atoms with Crippen molar-refractivity contribution in [2.75, 3.05) is 28.5 Å². The molecule has 0 atom stereocenters. The molecule has 3 rings (SSSR count). The monoisotopic (exact) mass is 428 g/mol. The van der Waals surface area contributed by atoms with E-state index in [2.05, 4.69) is 5.32 Å². The third-order valence-corrected chi connectivity index (χ3v) is 6.52. The molecular weight excluding hydrogens is 411 g/mol. The maximum atomic E-state index is 12.1. The summed E-state index contributed by atoms with van der Waals surface area (Å²) in [4.78, 5) is 12.1. The Balaban J connectivity index is 1.64. The second-order valence-corrected chi connectivity index (χ2v) is 9.01. The normalized spacial score (nSPS) is 15.6. The van der Waals surface area contributed by atoms with Crippen LogP contribution in [0.4, 0.5) is 11.4 Å². The molecule has 0 aliphatic carbocycles. The third-order valence-electron chi connectivity index (χ3n) is 4.12. The zero-order valence-corrected chi connectivity index (χ0v) is 16.9. The van der Waals surface area contributed by atoms with Crippen molar-refractivity contribution in [3.63, 3.8) is 0 Å². The fourth-order valence-corrected chi connectivity index (χ4v) is 4.81. The van der Waals surface area contributed by atoms with Crippen LogP contribution in [0.5, 0.6) is 5.75 Å². The number of hydrogen-bond acceptors (Lipinski definition) is 4. The number of anilines is 2. The van der Waals surface area contributed by atoms with Gasteiger partial charge in [0.1, 0.15) is 5.75 Å². The predicted molar refractivity (Wildman–Crippen MR) is 108 cm³/mol. The summed E-state index contributed by atoms with van der Waals surface area (Å²) in [6.07, 6.45) is 0.616. The summed E-state index contributed by atoms with van der Waals surface area (Å²) in [5.74, 6) is 0.169. The molecule has 1 amide bonds. The highest BCUT2D eigenvalue weighted by Gasteiger charge is 2.28. The van der Waals surface area contributed by atoms with E-state index in [-0.39, 0.29) is 18.3 Å². The van der Waals surface area contributed by atoms with Gasteiger partial charge in [0.25, 0.3) is 5.91 Å². The number of nitrogens with one attached hydrogen (secondary N) is 1. The van der Waals surface area contributed by atoms with Crippen molar-refractivity contribution in [1.82, 2.24) is 0 Å². The average molecular weight is 429 g/mol. The lowest BCUT2D eigenvalue weighted by atomic mass is 10.1. The van der Waals surface area contributed by atoms with Crippen molar-refractivity contribution in [1.29, 1.82) is 0 Å². The third kappa shape index (κ3) is 4.66. The van der Waals surface area contributed by atoms with Crippen LogP contribution in [0.15, 0.2) is 36.4 Å². The number of hydrogen-bond donors (Lipinski definition) is 1. The smallest absolute Gasteiger partial charge is 0.262 e. The number of amides is 1. The van der Waals surface area contributed by atoms with E-state index < -0.39 is 10.0 Å². The molecule has 1 aliphatic rings. The van der Waals surface area contributed by atoms with E-state index in [0.717, 1.165) is 5.56 Å². The van der Waals surface area contributed by atoms with E-state index in [1.165, 1.54) is 10.4 Å². The van der Waals surface area contributed by atoms with Gasteiger partial charge in [-0.15, -0.1) is 0 Å². The summed E-state index contributed by atoms with van der Waals surface area (Å²) in [6.45, 7) is 2.06. The van der Waals surface area contributed by atoms with Crippen molar-refractivity contribution in [2.45, 2.75) is 13.3 Å². The Morgan fingerprint density at radius 3 is 2.63 bits per heavy atom. The van der Waals surface area contributed by atoms with Crippen LogP contribution >= 0.6 is 23.2 Å². The first-order chi connectivity index (χ1) is 12.8. The van der Waals surface area contributed by atoms with E-state index in [4.69, 9.17) is 27.9 Å². The van der Waals surface area contributed by atoms with Crippen molar-refractivity contribution in [2.24, 2.45) is 0 Å². The number of carbonyl (C=O) groups excluding carboxylic acids is 1. The summed E-state index contributed by atoms with van der Waals surface area (Å²) in [6, 6.07) is 9.86. The maximum absolute atomic E-state index is 12.1. The highest BCUT2D eigenvalue weighted by atomic mass is 35.5. The SMILES string of the molecule is Cc1cc(N2CCCS2(=O)=O)ccc1NC(=O)COc1ccc(Cl)cc1Cl. The molecular formula is C18H18Cl2N2O4S. The van der Waals surface area contributed by atoms with Crippen molar-refractivity contribution in [3.05, 3.63) is 52.0 Å². The van der Waals surface area contributed by atoms with Gasteiger partial charge in [-0.3, -0.25) is 9.10 Å². The zero-order chi connectivity index (χ0) is 19.6. The number of nitrogens with zero attached hydrogens (tertiary/aromatic N) is 1. The lowest BCUT2D eigenvalue weighted by molar-refractivity contribution is -0.118. The van der Waals surface area contributed by atoms with Gasteiger partial charge in [0.2, 0.25) is 10.0 Å². The summed E-state index contributed by atoms with van der Waals surface area (Å²) in [5, 5.41) is 3.55. The van der Waals surface area contributed by atoms with Gasteiger partial charge in [0.15, 0.2) is 6.61 Å². The Morgan fingerprint density at radius 1 is 1.22 bits per heavy atom. The Labute approximate surface area is 168 Å². The number of carbonyl (C=O) groups is 1. The maximum Gasteiger partial charge on any atom is 0.262 e. The molecule has 9 heteroatoms. The Kier molecular flexibility index (Phi) is 5.83. The van der Waals surface area contributed by atoms with Crippen LogP contribution in [-0.4, -0.2) is 33.2 Å². The topological polar surface area (TPSA) is 75.7 Å². The highest BCUT2D eigenvalue weighted by Crippen LogP contribution is 2.29. The fraction of sp³-hybridized carbons (Fsp3) is 0.278. The minimum Gasteiger partial charge on any atom is -0.482 e. The van der Waals surface area contributed by atoms with Gasteiger partial charge in [-0.2, -0.15) is 0 Å². The summed E-state index contributed by atoms with van der Waals surface area (Å²) in [7, 11) is -3.24. The second kappa shape index (κ2) is 7.96. The molecule has 0 saturated carbocycles. The second-order valence-electron chi connectivity index (χ2n) is 6.15. The summed E-state index contributed by atoms with van der Waals surface area (Å²) >= 11 is 11.8. The average Bonchev–Trinajstić information content (AvgIpc) is 2.95. The van der Waals surface area contributed by atoms with Gasteiger partial charge < -0.3 is 10.1 Å². The molecule has 2 aromatic carbocycles. The molecule has 1 aliphatic heterocycles. The first-order valence-corrected chi connectivity index (χ1v) is 10.6. The minimum absolute atomic E-state index is 0.162. The van der Waals surface area contributed by atoms with Gasteiger partial charge in [0.05, 0.1) is 16.5 Å². The first kappa shape index (κ1) is 19.8. The molecule has 144 valence electrons. The van der Waals surface area contributed by atoms with Crippen LogP contribution in [0.1, 0.15) is 12.0 Å². The number of ether oxygens (including phenoxy) is 1. The highest BCUT2D eigenvalue weighted by molar-refractivity contribution is 7.93. The molecule has 1 heterocycles. The molecule has 0 aromatic heterocycles. The minimum atomic E-state index is -3.24. The van der Waals surface area contributed by atoms with Crippen LogP contribution < -0.4 is 14.4 Å². The van der Waals surface area contributed by atoms with Crippen LogP contribution in [0.2, 0.25) is 10.0 Å². The molecule has 27 heavy (non-hydrogen) atoms. The number of benzene rings is 2. The quantitative estimate of drug-likeness (QED) is 0.783. The number of rotatable bonds is 5. The molecule has 6 nitrogen and oxygen atoms in total. The number of halogens is 2. The Hall–Kier alpha value is -1.96. The molecule has 0 bridgehead atoms. The standard InChI is InChI=1S/C18H18Cl2N2O4S/c1-12-9-14(22-7-2-8-27(22,24)25)4-5-16(12)21-18(23)11-26-17-6-3-13(19)10-15(17)20/h3-6,9-10H,2,7-8,11H2,1H3,(H,21,23). The van der Waals surface area contributed by atoms with Gasteiger partial charge in [-0.25, -0.2) is 8.42 Å². The van der Waals surface area contributed by atoms with Crippen LogP contribution in [-0.2, 0) is 14.8 Å². The summed E-state index contributed by atoms with van der Waals surface area (Å²) in [5.41, 5.74) is 1.95. The van der Waals surface area contributed by atoms with Crippen LogP contribution in [0.25, 0.3) is 0 Å². The Morgan fingerprint density at radius 2 is 2.00 bits per heavy atom. The van der Waals surface area contributed by atoms with E-state index in [0.29, 0.717) is 40.1 Å². The molecule has 1 N–H and O–H groups in total. The summed E-state index contributed by atoms with van der Waals surface area (Å²) < 4.78 is 30.9. The van der Waals surface area contributed by atoms with Crippen molar-refractivity contribution in [3.8, 4) is 5.75 Å². The van der Waals surface area contributed by atoms with Crippen LogP contribution in [0, 0.1) is 6.92 Å². The lowest BCUT2D eigenvalue weighted by Gasteiger charge is -2.18. The molecule has 2 aromatic rings. The van der Waals surface area contributed by atoms with Crippen molar-refractivity contribution >= 4 is 50.5 Å². The van der Waals surface area contributed by atoms with Gasteiger partial charge >= 0.3 is 0 Å². The van der Waals surface area contributed by atoms with E-state index in [1.807, 2.05) is 0 Å². The number of aryl methyl sites for hydroxylation is 1. The van der Waals surface area contributed by atoms with Gasteiger partial charge in [-0.05, 0) is 55.3 Å². The largest absolute Gasteiger partial charge is 0.482 e. The molecule has 1 fully saturated rings. The van der Waals surface area contributed by atoms with E-state index in [1.54, 1.807) is 37.3 Å². The number of sulfonamides is 1. The molecule has 0 unspecified atom stereocenters. The van der Waals surface area contributed by atoms with Crippen LogP contribution in [0.3, 0.4) is 0 Å². The predicted octanol–water partition coefficient (Wildman–Crippen LogP) is 3.86. The van der Waals surface area contributed by atoms with E-state index >= 15 is 0 Å².